The van der Waals surface area contributed by atoms with E-state index >= 15 is 0 Å². The highest BCUT2D eigenvalue weighted by Gasteiger charge is 2.31. The van der Waals surface area contributed by atoms with Crippen molar-refractivity contribution in [2.45, 2.75) is 18.5 Å². The van der Waals surface area contributed by atoms with Crippen molar-refractivity contribution in [3.63, 3.8) is 0 Å². The van der Waals surface area contributed by atoms with Crippen LogP contribution in [0.4, 0.5) is 0 Å². The van der Waals surface area contributed by atoms with Gasteiger partial charge in [0.2, 0.25) is 0 Å². The Balaban J connectivity index is 2.91. The number of ether oxygens (including phenoxy) is 1. The van der Waals surface area contributed by atoms with Crippen LogP contribution in [0.15, 0.2) is 30.3 Å². The number of benzene rings is 1. The Morgan fingerprint density at radius 3 is 2.50 bits per heavy atom. The van der Waals surface area contributed by atoms with Gasteiger partial charge in [0, 0.05) is 7.11 Å². The SMILES string of the molecule is COCC(NC(C)(CO)c1ccccc1)C(=O)O. The Kier molecular flexibility index (Phi) is 5.27. The fraction of sp³-hybridized carbons (Fsp3) is 0.462. The number of hydrogen-bond acceptors (Lipinski definition) is 4. The molecule has 1 aromatic rings. The van der Waals surface area contributed by atoms with Crippen LogP contribution in [-0.2, 0) is 15.1 Å². The molecular formula is C13H19NO4. The highest BCUT2D eigenvalue weighted by Crippen LogP contribution is 2.20. The Morgan fingerprint density at radius 2 is 2.06 bits per heavy atom. The van der Waals surface area contributed by atoms with E-state index in [0.717, 1.165) is 5.56 Å². The maximum atomic E-state index is 11.1. The zero-order valence-electron chi connectivity index (χ0n) is 10.6. The van der Waals surface area contributed by atoms with Gasteiger partial charge in [-0.15, -0.1) is 0 Å². The normalized spacial score (nSPS) is 15.9. The number of carboxylic acids is 1. The summed E-state index contributed by atoms with van der Waals surface area (Å²) in [5, 5.41) is 21.5. The molecule has 0 amide bonds. The van der Waals surface area contributed by atoms with Gasteiger partial charge in [-0.2, -0.15) is 0 Å². The molecule has 0 fully saturated rings. The van der Waals surface area contributed by atoms with Crippen LogP contribution in [0.25, 0.3) is 0 Å². The van der Waals surface area contributed by atoms with Gasteiger partial charge in [0.1, 0.15) is 6.04 Å². The van der Waals surface area contributed by atoms with E-state index in [4.69, 9.17) is 9.84 Å². The third kappa shape index (κ3) is 3.53. The monoisotopic (exact) mass is 253 g/mol. The van der Waals surface area contributed by atoms with Crippen LogP contribution in [0.3, 0.4) is 0 Å². The Morgan fingerprint density at radius 1 is 1.44 bits per heavy atom. The van der Waals surface area contributed by atoms with E-state index in [1.54, 1.807) is 6.92 Å². The third-order valence-electron chi connectivity index (χ3n) is 2.85. The first-order valence-electron chi connectivity index (χ1n) is 5.69. The van der Waals surface area contributed by atoms with Gasteiger partial charge in [-0.1, -0.05) is 30.3 Å². The number of carbonyl (C=O) groups is 1. The van der Waals surface area contributed by atoms with Crippen molar-refractivity contribution in [3.8, 4) is 0 Å². The number of rotatable bonds is 7. The van der Waals surface area contributed by atoms with Gasteiger partial charge in [0.05, 0.1) is 18.8 Å². The molecule has 2 atom stereocenters. The highest BCUT2D eigenvalue weighted by molar-refractivity contribution is 5.73. The van der Waals surface area contributed by atoms with Crippen LogP contribution in [0.2, 0.25) is 0 Å². The second-order valence-electron chi connectivity index (χ2n) is 4.35. The summed E-state index contributed by atoms with van der Waals surface area (Å²) in [5.74, 6) is -1.01. The summed E-state index contributed by atoms with van der Waals surface area (Å²) in [6, 6.07) is 8.37. The van der Waals surface area contributed by atoms with Gasteiger partial charge in [-0.3, -0.25) is 10.1 Å². The quantitative estimate of drug-likeness (QED) is 0.662. The van der Waals surface area contributed by atoms with Crippen molar-refractivity contribution in [3.05, 3.63) is 35.9 Å². The molecule has 1 aromatic carbocycles. The first kappa shape index (κ1) is 14.6. The van der Waals surface area contributed by atoms with Crippen molar-refractivity contribution in [1.82, 2.24) is 5.32 Å². The molecular weight excluding hydrogens is 234 g/mol. The average molecular weight is 253 g/mol. The lowest BCUT2D eigenvalue weighted by Crippen LogP contribution is -2.53. The lowest BCUT2D eigenvalue weighted by atomic mass is 9.92. The van der Waals surface area contributed by atoms with E-state index in [1.165, 1.54) is 7.11 Å². The molecule has 0 saturated heterocycles. The van der Waals surface area contributed by atoms with E-state index in [0.29, 0.717) is 0 Å². The van der Waals surface area contributed by atoms with Crippen molar-refractivity contribution in [2.24, 2.45) is 0 Å². The largest absolute Gasteiger partial charge is 0.480 e. The molecule has 5 nitrogen and oxygen atoms in total. The number of aliphatic carboxylic acids is 1. The molecule has 0 spiro atoms. The Hall–Kier alpha value is -1.43. The van der Waals surface area contributed by atoms with Crippen molar-refractivity contribution in [1.29, 1.82) is 0 Å². The maximum absolute atomic E-state index is 11.1. The van der Waals surface area contributed by atoms with Crippen molar-refractivity contribution < 1.29 is 19.7 Å². The lowest BCUT2D eigenvalue weighted by Gasteiger charge is -2.32. The molecule has 3 N–H and O–H groups in total. The molecule has 0 heterocycles. The number of nitrogens with one attached hydrogen (secondary N) is 1. The molecule has 2 unspecified atom stereocenters. The third-order valence-corrected chi connectivity index (χ3v) is 2.85. The number of aliphatic hydroxyl groups excluding tert-OH is 1. The van der Waals surface area contributed by atoms with Crippen molar-refractivity contribution >= 4 is 5.97 Å². The Labute approximate surface area is 106 Å². The van der Waals surface area contributed by atoms with Crippen LogP contribution in [0.1, 0.15) is 12.5 Å². The van der Waals surface area contributed by atoms with Crippen LogP contribution in [0.5, 0.6) is 0 Å². The van der Waals surface area contributed by atoms with Gasteiger partial charge in [0.25, 0.3) is 0 Å². The van der Waals surface area contributed by atoms with E-state index in [9.17, 15) is 9.90 Å². The second-order valence-corrected chi connectivity index (χ2v) is 4.35. The smallest absolute Gasteiger partial charge is 0.323 e. The van der Waals surface area contributed by atoms with Crippen LogP contribution in [0, 0.1) is 0 Å². The van der Waals surface area contributed by atoms with Crippen molar-refractivity contribution in [2.75, 3.05) is 20.3 Å². The minimum Gasteiger partial charge on any atom is -0.480 e. The van der Waals surface area contributed by atoms with E-state index in [1.807, 2.05) is 30.3 Å². The number of hydrogen-bond donors (Lipinski definition) is 3. The molecule has 0 saturated carbocycles. The number of carboxylic acid groups (broad SMARTS) is 1. The zero-order chi connectivity index (χ0) is 13.6. The number of methoxy groups -OCH3 is 1. The van der Waals surface area contributed by atoms with Crippen LogP contribution < -0.4 is 5.32 Å². The predicted molar refractivity (Wildman–Crippen MR) is 67.3 cm³/mol. The topological polar surface area (TPSA) is 78.8 Å². The minimum absolute atomic E-state index is 0.0394. The summed E-state index contributed by atoms with van der Waals surface area (Å²) in [6.45, 7) is 1.59. The van der Waals surface area contributed by atoms with E-state index < -0.39 is 17.6 Å². The molecule has 0 bridgehead atoms. The molecule has 1 rings (SSSR count). The van der Waals surface area contributed by atoms with Gasteiger partial charge in [-0.25, -0.2) is 0 Å². The average Bonchev–Trinajstić information content (AvgIpc) is 2.39. The molecule has 0 aliphatic heterocycles. The maximum Gasteiger partial charge on any atom is 0.323 e. The van der Waals surface area contributed by atoms with Gasteiger partial charge < -0.3 is 14.9 Å². The molecule has 0 aromatic heterocycles. The molecule has 18 heavy (non-hydrogen) atoms. The van der Waals surface area contributed by atoms with E-state index in [-0.39, 0.29) is 13.2 Å². The summed E-state index contributed by atoms with van der Waals surface area (Å²) in [6.07, 6.45) is 0. The Bertz CT molecular complexity index is 382. The molecule has 100 valence electrons. The van der Waals surface area contributed by atoms with Crippen LogP contribution >= 0.6 is 0 Å². The predicted octanol–water partition coefficient (Wildman–Crippen LogP) is 0.583. The summed E-state index contributed by atoms with van der Waals surface area (Å²) < 4.78 is 4.87. The fourth-order valence-corrected chi connectivity index (χ4v) is 1.75. The fourth-order valence-electron chi connectivity index (χ4n) is 1.75. The van der Waals surface area contributed by atoms with Gasteiger partial charge >= 0.3 is 5.97 Å². The van der Waals surface area contributed by atoms with E-state index in [2.05, 4.69) is 5.32 Å². The summed E-state index contributed by atoms with van der Waals surface area (Å²) >= 11 is 0. The second kappa shape index (κ2) is 6.49. The summed E-state index contributed by atoms with van der Waals surface area (Å²) in [4.78, 5) is 11.1. The van der Waals surface area contributed by atoms with Gasteiger partial charge in [-0.05, 0) is 12.5 Å². The van der Waals surface area contributed by atoms with Crippen LogP contribution in [-0.4, -0.2) is 42.5 Å². The molecule has 5 heteroatoms. The first-order chi connectivity index (χ1) is 8.53. The first-order valence-corrected chi connectivity index (χ1v) is 5.69. The summed E-state index contributed by atoms with van der Waals surface area (Å²) in [5.41, 5.74) is 0.0119. The minimum atomic E-state index is -1.01. The molecule has 0 radical (unpaired) electrons. The zero-order valence-corrected chi connectivity index (χ0v) is 10.6. The molecule has 0 aliphatic rings. The van der Waals surface area contributed by atoms with Gasteiger partial charge in [0.15, 0.2) is 0 Å². The molecule has 0 aliphatic carbocycles. The standard InChI is InChI=1S/C13H19NO4/c1-13(9-15,10-6-4-3-5-7-10)14-11(8-18-2)12(16)17/h3-7,11,14-15H,8-9H2,1-2H3,(H,16,17). The highest BCUT2D eigenvalue weighted by atomic mass is 16.5. The summed E-state index contributed by atoms with van der Waals surface area (Å²) in [7, 11) is 1.44. The lowest BCUT2D eigenvalue weighted by molar-refractivity contribution is -0.141. The number of aliphatic hydroxyl groups is 1.